The lowest BCUT2D eigenvalue weighted by Crippen LogP contribution is -2.39. The molecule has 0 atom stereocenters. The third-order valence-corrected chi connectivity index (χ3v) is 3.70. The maximum Gasteiger partial charge on any atom is 0.310 e. The molecular weight excluding hydrogens is 230 g/mol. The van der Waals surface area contributed by atoms with E-state index in [9.17, 15) is 14.7 Å². The molecule has 0 aromatic heterocycles. The fraction of sp³-hybridized carbons (Fsp3) is 0.714. The summed E-state index contributed by atoms with van der Waals surface area (Å²) in [6.45, 7) is 6.81. The molecule has 0 bridgehead atoms. The summed E-state index contributed by atoms with van der Waals surface area (Å²) in [4.78, 5) is 25.3. The summed E-state index contributed by atoms with van der Waals surface area (Å²) in [6, 6.07) is 0. The van der Waals surface area contributed by atoms with Crippen molar-refractivity contribution in [2.75, 3.05) is 13.1 Å². The lowest BCUT2D eigenvalue weighted by molar-refractivity contribution is -0.153. The molecule has 0 aromatic rings. The molecule has 0 heterocycles. The van der Waals surface area contributed by atoms with E-state index >= 15 is 0 Å². The van der Waals surface area contributed by atoms with E-state index in [4.69, 9.17) is 0 Å². The van der Waals surface area contributed by atoms with Crippen LogP contribution in [0.5, 0.6) is 0 Å². The largest absolute Gasteiger partial charge is 0.481 e. The van der Waals surface area contributed by atoms with Gasteiger partial charge in [0.15, 0.2) is 0 Å². The van der Waals surface area contributed by atoms with Gasteiger partial charge in [-0.3, -0.25) is 9.59 Å². The highest BCUT2D eigenvalue weighted by atomic mass is 16.4. The van der Waals surface area contributed by atoms with Gasteiger partial charge in [-0.25, -0.2) is 0 Å². The number of rotatable bonds is 7. The molecule has 0 unspecified atom stereocenters. The molecule has 4 heteroatoms. The van der Waals surface area contributed by atoms with Crippen LogP contribution in [0.2, 0.25) is 0 Å². The summed E-state index contributed by atoms with van der Waals surface area (Å²) < 4.78 is 0. The Morgan fingerprint density at radius 3 is 2.44 bits per heavy atom. The van der Waals surface area contributed by atoms with Gasteiger partial charge < -0.3 is 10.0 Å². The van der Waals surface area contributed by atoms with Crippen LogP contribution in [0.25, 0.3) is 0 Å². The number of hydrogen-bond acceptors (Lipinski definition) is 2. The highest BCUT2D eigenvalue weighted by Crippen LogP contribution is 2.41. The molecule has 1 N–H and O–H groups in total. The Morgan fingerprint density at radius 1 is 1.39 bits per heavy atom. The number of hydrogen-bond donors (Lipinski definition) is 1. The van der Waals surface area contributed by atoms with Gasteiger partial charge in [0.2, 0.25) is 5.91 Å². The van der Waals surface area contributed by atoms with Gasteiger partial charge in [0, 0.05) is 19.5 Å². The molecule has 0 aliphatic heterocycles. The van der Waals surface area contributed by atoms with Gasteiger partial charge in [0.1, 0.15) is 0 Å². The smallest absolute Gasteiger partial charge is 0.310 e. The molecule has 0 saturated heterocycles. The van der Waals surface area contributed by atoms with E-state index < -0.39 is 11.4 Å². The Bertz CT molecular complexity index is 319. The maximum atomic E-state index is 12.2. The second kappa shape index (κ2) is 6.57. The van der Waals surface area contributed by atoms with Gasteiger partial charge in [-0.2, -0.15) is 0 Å². The molecule has 1 aliphatic carbocycles. The molecule has 0 aromatic carbocycles. The van der Waals surface area contributed by atoms with Crippen LogP contribution in [0.3, 0.4) is 0 Å². The van der Waals surface area contributed by atoms with Crippen LogP contribution in [-0.2, 0) is 9.59 Å². The van der Waals surface area contributed by atoms with Crippen molar-refractivity contribution in [1.82, 2.24) is 4.90 Å². The van der Waals surface area contributed by atoms with Crippen LogP contribution in [0.4, 0.5) is 0 Å². The SMILES string of the molecule is C=CCN(CCC)C(=O)CC1(C(=O)O)CCCC1. The van der Waals surface area contributed by atoms with E-state index in [0.29, 0.717) is 25.9 Å². The number of amides is 1. The second-order valence-corrected chi connectivity index (χ2v) is 5.10. The van der Waals surface area contributed by atoms with Crippen LogP contribution in [0.1, 0.15) is 45.4 Å². The summed E-state index contributed by atoms with van der Waals surface area (Å²) in [5.74, 6) is -0.871. The zero-order valence-corrected chi connectivity index (χ0v) is 11.2. The quantitative estimate of drug-likeness (QED) is 0.709. The van der Waals surface area contributed by atoms with Crippen molar-refractivity contribution in [3.8, 4) is 0 Å². The predicted octanol–water partition coefficient (Wildman–Crippen LogP) is 2.45. The maximum absolute atomic E-state index is 12.2. The molecule has 18 heavy (non-hydrogen) atoms. The highest BCUT2D eigenvalue weighted by molar-refractivity contribution is 5.85. The standard InChI is InChI=1S/C14H23NO3/c1-3-9-15(10-4-2)12(16)11-14(13(17)18)7-5-6-8-14/h3H,1,4-11H2,2H3,(H,17,18). The first-order valence-electron chi connectivity index (χ1n) is 6.68. The first kappa shape index (κ1) is 14.7. The number of carbonyl (C=O) groups excluding carboxylic acids is 1. The van der Waals surface area contributed by atoms with Gasteiger partial charge in [0.05, 0.1) is 5.41 Å². The average molecular weight is 253 g/mol. The average Bonchev–Trinajstić information content (AvgIpc) is 2.78. The Hall–Kier alpha value is -1.32. The van der Waals surface area contributed by atoms with Crippen LogP contribution in [0.15, 0.2) is 12.7 Å². The number of nitrogens with zero attached hydrogens (tertiary/aromatic N) is 1. The minimum absolute atomic E-state index is 0.0546. The van der Waals surface area contributed by atoms with E-state index in [1.54, 1.807) is 11.0 Å². The van der Waals surface area contributed by atoms with E-state index in [0.717, 1.165) is 19.3 Å². The molecule has 0 radical (unpaired) electrons. The molecule has 1 fully saturated rings. The van der Waals surface area contributed by atoms with Crippen molar-refractivity contribution >= 4 is 11.9 Å². The van der Waals surface area contributed by atoms with Gasteiger partial charge >= 0.3 is 5.97 Å². The molecule has 4 nitrogen and oxygen atoms in total. The fourth-order valence-electron chi connectivity index (χ4n) is 2.66. The number of carboxylic acids is 1. The van der Waals surface area contributed by atoms with Crippen molar-refractivity contribution in [1.29, 1.82) is 0 Å². The van der Waals surface area contributed by atoms with E-state index in [-0.39, 0.29) is 12.3 Å². The second-order valence-electron chi connectivity index (χ2n) is 5.10. The van der Waals surface area contributed by atoms with Gasteiger partial charge in [0.25, 0.3) is 0 Å². The first-order valence-corrected chi connectivity index (χ1v) is 6.68. The lowest BCUT2D eigenvalue weighted by Gasteiger charge is -2.27. The minimum atomic E-state index is -0.816. The zero-order valence-electron chi connectivity index (χ0n) is 11.2. The topological polar surface area (TPSA) is 57.6 Å². The molecule has 1 saturated carbocycles. The van der Waals surface area contributed by atoms with Crippen molar-refractivity contribution in [2.45, 2.75) is 45.4 Å². The van der Waals surface area contributed by atoms with Gasteiger partial charge in [-0.15, -0.1) is 6.58 Å². The van der Waals surface area contributed by atoms with E-state index in [1.807, 2.05) is 6.92 Å². The predicted molar refractivity (Wildman–Crippen MR) is 70.2 cm³/mol. The van der Waals surface area contributed by atoms with Crippen molar-refractivity contribution in [2.24, 2.45) is 5.41 Å². The Morgan fingerprint density at radius 2 is 2.00 bits per heavy atom. The van der Waals surface area contributed by atoms with Crippen LogP contribution < -0.4 is 0 Å². The highest BCUT2D eigenvalue weighted by Gasteiger charge is 2.43. The number of carbonyl (C=O) groups is 2. The summed E-state index contributed by atoms with van der Waals surface area (Å²) in [5.41, 5.74) is -0.815. The minimum Gasteiger partial charge on any atom is -0.481 e. The number of carboxylic acid groups (broad SMARTS) is 1. The van der Waals surface area contributed by atoms with E-state index in [1.165, 1.54) is 0 Å². The summed E-state index contributed by atoms with van der Waals surface area (Å²) in [6.07, 6.45) is 5.78. The third-order valence-electron chi connectivity index (χ3n) is 3.70. The number of aliphatic carboxylic acids is 1. The summed E-state index contributed by atoms with van der Waals surface area (Å²) in [5, 5.41) is 9.36. The first-order chi connectivity index (χ1) is 8.55. The molecule has 0 spiro atoms. The van der Waals surface area contributed by atoms with Gasteiger partial charge in [-0.1, -0.05) is 25.8 Å². The van der Waals surface area contributed by atoms with Gasteiger partial charge in [-0.05, 0) is 19.3 Å². The molecule has 1 rings (SSSR count). The summed E-state index contributed by atoms with van der Waals surface area (Å²) >= 11 is 0. The zero-order chi connectivity index (χ0) is 13.6. The van der Waals surface area contributed by atoms with Crippen LogP contribution in [-0.4, -0.2) is 35.0 Å². The lowest BCUT2D eigenvalue weighted by atomic mass is 9.82. The Balaban J connectivity index is 2.70. The van der Waals surface area contributed by atoms with Crippen LogP contribution >= 0.6 is 0 Å². The third kappa shape index (κ3) is 3.34. The molecule has 102 valence electrons. The van der Waals surface area contributed by atoms with Crippen molar-refractivity contribution in [3.05, 3.63) is 12.7 Å². The Kier molecular flexibility index (Phi) is 5.38. The molecular formula is C14H23NO3. The normalized spacial score (nSPS) is 17.4. The summed E-state index contributed by atoms with van der Waals surface area (Å²) in [7, 11) is 0. The van der Waals surface area contributed by atoms with E-state index in [2.05, 4.69) is 6.58 Å². The van der Waals surface area contributed by atoms with Crippen molar-refractivity contribution < 1.29 is 14.7 Å². The van der Waals surface area contributed by atoms with Crippen LogP contribution in [0, 0.1) is 5.41 Å². The molecule has 1 aliphatic rings. The fourth-order valence-corrected chi connectivity index (χ4v) is 2.66. The monoisotopic (exact) mass is 253 g/mol. The molecule has 1 amide bonds. The Labute approximate surface area is 109 Å². The van der Waals surface area contributed by atoms with Crippen molar-refractivity contribution in [3.63, 3.8) is 0 Å².